The number of nitrogens with zero attached hydrogens (tertiary/aromatic N) is 1. The third-order valence-electron chi connectivity index (χ3n) is 3.61. The van der Waals surface area contributed by atoms with Crippen LogP contribution in [0.3, 0.4) is 0 Å². The number of carbonyl (C=O) groups excluding carboxylic acids is 1. The molecule has 2 nitrogen and oxygen atoms in total. The van der Waals surface area contributed by atoms with Gasteiger partial charge >= 0.3 is 0 Å². The predicted molar refractivity (Wildman–Crippen MR) is 80.7 cm³/mol. The summed E-state index contributed by atoms with van der Waals surface area (Å²) in [5.41, 5.74) is 1.73. The number of hydrogen-bond acceptors (Lipinski definition) is 2. The van der Waals surface area contributed by atoms with E-state index in [9.17, 15) is 9.18 Å². The Bertz CT molecular complexity index is 685. The fraction of sp³-hybridized carbons (Fsp3) is 0.167. The molecule has 0 saturated heterocycles. The molecule has 1 aliphatic rings. The minimum absolute atomic E-state index is 0.123. The van der Waals surface area contributed by atoms with Gasteiger partial charge in [0.2, 0.25) is 0 Å². The summed E-state index contributed by atoms with van der Waals surface area (Å²) in [5.74, 6) is -0.744. The fourth-order valence-electron chi connectivity index (χ4n) is 2.52. The minimum Gasteiger partial charge on any atom is -0.292 e. The molecule has 3 heteroatoms. The summed E-state index contributed by atoms with van der Waals surface area (Å²) in [6, 6.07) is 13.5. The summed E-state index contributed by atoms with van der Waals surface area (Å²) in [5, 5.41) is 0. The Morgan fingerprint density at radius 2 is 1.81 bits per heavy atom. The number of ketones is 1. The number of carbonyl (C=O) groups is 1. The highest BCUT2D eigenvalue weighted by Gasteiger charge is 2.14. The molecule has 0 fully saturated rings. The van der Waals surface area contributed by atoms with Crippen molar-refractivity contribution in [2.75, 3.05) is 13.1 Å². The molecule has 0 spiro atoms. The third-order valence-corrected chi connectivity index (χ3v) is 3.61. The highest BCUT2D eigenvalue weighted by atomic mass is 19.1. The number of hydrogen-bond donors (Lipinski definition) is 0. The lowest BCUT2D eigenvalue weighted by molar-refractivity contribution is 0.103. The van der Waals surface area contributed by atoms with Crippen molar-refractivity contribution in [1.29, 1.82) is 0 Å². The molecule has 0 unspecified atom stereocenters. The molecule has 21 heavy (non-hydrogen) atoms. The zero-order valence-corrected chi connectivity index (χ0v) is 11.6. The van der Waals surface area contributed by atoms with Crippen LogP contribution in [0, 0.1) is 5.82 Å². The van der Waals surface area contributed by atoms with Gasteiger partial charge in [0.15, 0.2) is 5.78 Å². The molecule has 0 N–H and O–H groups in total. The zero-order chi connectivity index (χ0) is 14.7. The standard InChI is InChI=1S/C18H16FNO/c19-17-9-2-1-8-16(17)18(21)15-7-5-6-14(12-15)13-20-10-3-4-11-20/h1-9,12H,10-11,13H2. The molecule has 2 aromatic rings. The fourth-order valence-corrected chi connectivity index (χ4v) is 2.52. The highest BCUT2D eigenvalue weighted by Crippen LogP contribution is 2.16. The summed E-state index contributed by atoms with van der Waals surface area (Å²) < 4.78 is 13.7. The first-order valence-electron chi connectivity index (χ1n) is 6.99. The van der Waals surface area contributed by atoms with Crippen LogP contribution in [0.2, 0.25) is 0 Å². The molecule has 0 aromatic heterocycles. The van der Waals surface area contributed by atoms with Crippen LogP contribution in [0.15, 0.2) is 60.7 Å². The van der Waals surface area contributed by atoms with E-state index in [1.165, 1.54) is 12.1 Å². The summed E-state index contributed by atoms with van der Waals surface area (Å²) >= 11 is 0. The van der Waals surface area contributed by atoms with Crippen LogP contribution >= 0.6 is 0 Å². The molecule has 0 bridgehead atoms. The van der Waals surface area contributed by atoms with E-state index < -0.39 is 5.82 Å². The smallest absolute Gasteiger partial charge is 0.195 e. The van der Waals surface area contributed by atoms with E-state index >= 15 is 0 Å². The maximum absolute atomic E-state index is 13.7. The van der Waals surface area contributed by atoms with Gasteiger partial charge in [-0.1, -0.05) is 42.5 Å². The van der Waals surface area contributed by atoms with Gasteiger partial charge in [0.1, 0.15) is 5.82 Å². The summed E-state index contributed by atoms with van der Waals surface area (Å²) in [6.45, 7) is 2.67. The van der Waals surface area contributed by atoms with E-state index in [1.807, 2.05) is 18.2 Å². The first-order valence-corrected chi connectivity index (χ1v) is 6.99. The lowest BCUT2D eigenvalue weighted by atomic mass is 10.0. The largest absolute Gasteiger partial charge is 0.292 e. The predicted octanol–water partition coefficient (Wildman–Crippen LogP) is 3.43. The van der Waals surface area contributed by atoms with Gasteiger partial charge in [-0.3, -0.25) is 9.69 Å². The second kappa shape index (κ2) is 6.02. The van der Waals surface area contributed by atoms with Crippen molar-refractivity contribution < 1.29 is 9.18 Å². The summed E-state index contributed by atoms with van der Waals surface area (Å²) in [4.78, 5) is 14.7. The van der Waals surface area contributed by atoms with Crippen LogP contribution in [0.1, 0.15) is 21.5 Å². The molecular formula is C18H16FNO. The Kier molecular flexibility index (Phi) is 3.93. The van der Waals surface area contributed by atoms with E-state index in [0.717, 1.165) is 25.2 Å². The first-order chi connectivity index (χ1) is 10.2. The third kappa shape index (κ3) is 3.09. The van der Waals surface area contributed by atoms with Crippen molar-refractivity contribution in [1.82, 2.24) is 4.90 Å². The Hall–Kier alpha value is -2.26. The van der Waals surface area contributed by atoms with E-state index in [-0.39, 0.29) is 11.3 Å². The molecule has 0 atom stereocenters. The molecular weight excluding hydrogens is 265 g/mol. The molecule has 0 radical (unpaired) electrons. The zero-order valence-electron chi connectivity index (χ0n) is 11.6. The maximum Gasteiger partial charge on any atom is 0.195 e. The van der Waals surface area contributed by atoms with Gasteiger partial charge in [-0.25, -0.2) is 4.39 Å². The van der Waals surface area contributed by atoms with Gasteiger partial charge in [0.05, 0.1) is 5.56 Å². The van der Waals surface area contributed by atoms with Gasteiger partial charge in [-0.2, -0.15) is 0 Å². The molecule has 0 saturated carbocycles. The summed E-state index contributed by atoms with van der Waals surface area (Å²) in [7, 11) is 0. The molecule has 106 valence electrons. The Morgan fingerprint density at radius 3 is 2.57 bits per heavy atom. The van der Waals surface area contributed by atoms with Crippen LogP contribution < -0.4 is 0 Å². The Balaban J connectivity index is 1.82. The average Bonchev–Trinajstić information content (AvgIpc) is 3.00. The van der Waals surface area contributed by atoms with Crippen LogP contribution in [-0.4, -0.2) is 23.8 Å². The number of halogens is 1. The molecule has 3 rings (SSSR count). The van der Waals surface area contributed by atoms with Gasteiger partial charge in [-0.05, 0) is 23.8 Å². The normalized spacial score (nSPS) is 14.5. The van der Waals surface area contributed by atoms with E-state index in [1.54, 1.807) is 18.2 Å². The second-order valence-electron chi connectivity index (χ2n) is 5.17. The van der Waals surface area contributed by atoms with Crippen LogP contribution in [0.5, 0.6) is 0 Å². The lowest BCUT2D eigenvalue weighted by Gasteiger charge is -2.15. The van der Waals surface area contributed by atoms with Crippen molar-refractivity contribution in [2.24, 2.45) is 0 Å². The highest BCUT2D eigenvalue weighted by molar-refractivity contribution is 6.09. The van der Waals surface area contributed by atoms with Crippen molar-refractivity contribution >= 4 is 5.78 Å². The van der Waals surface area contributed by atoms with Crippen molar-refractivity contribution in [2.45, 2.75) is 6.54 Å². The van der Waals surface area contributed by atoms with Crippen molar-refractivity contribution in [3.63, 3.8) is 0 Å². The lowest BCUT2D eigenvalue weighted by Crippen LogP contribution is -2.19. The van der Waals surface area contributed by atoms with E-state index in [0.29, 0.717) is 5.56 Å². The van der Waals surface area contributed by atoms with Gasteiger partial charge in [0.25, 0.3) is 0 Å². The SMILES string of the molecule is O=C(c1cccc(CN2CC=CC2)c1)c1ccccc1F. The average molecular weight is 281 g/mol. The van der Waals surface area contributed by atoms with E-state index in [2.05, 4.69) is 17.1 Å². The summed E-state index contributed by atoms with van der Waals surface area (Å²) in [6.07, 6.45) is 4.27. The Morgan fingerprint density at radius 1 is 1.05 bits per heavy atom. The minimum atomic E-state index is -0.475. The van der Waals surface area contributed by atoms with Crippen molar-refractivity contribution in [3.8, 4) is 0 Å². The van der Waals surface area contributed by atoms with Crippen LogP contribution in [-0.2, 0) is 6.54 Å². The second-order valence-corrected chi connectivity index (χ2v) is 5.17. The van der Waals surface area contributed by atoms with Crippen LogP contribution in [0.25, 0.3) is 0 Å². The number of benzene rings is 2. The quantitative estimate of drug-likeness (QED) is 0.632. The molecule has 1 heterocycles. The maximum atomic E-state index is 13.7. The first kappa shape index (κ1) is 13.7. The van der Waals surface area contributed by atoms with Gasteiger partial charge in [0, 0.05) is 25.2 Å². The molecule has 2 aromatic carbocycles. The van der Waals surface area contributed by atoms with E-state index in [4.69, 9.17) is 0 Å². The topological polar surface area (TPSA) is 20.3 Å². The van der Waals surface area contributed by atoms with Gasteiger partial charge in [-0.15, -0.1) is 0 Å². The van der Waals surface area contributed by atoms with Crippen LogP contribution in [0.4, 0.5) is 4.39 Å². The van der Waals surface area contributed by atoms with Gasteiger partial charge < -0.3 is 0 Å². The number of rotatable bonds is 4. The van der Waals surface area contributed by atoms with Crippen molar-refractivity contribution in [3.05, 3.63) is 83.2 Å². The Labute approximate surface area is 123 Å². The molecule has 0 amide bonds. The molecule has 1 aliphatic heterocycles. The monoisotopic (exact) mass is 281 g/mol. The molecule has 0 aliphatic carbocycles.